The Morgan fingerprint density at radius 1 is 1.25 bits per heavy atom. The molecule has 24 heavy (non-hydrogen) atoms. The van der Waals surface area contributed by atoms with Crippen LogP contribution in [0.4, 0.5) is 0 Å². The molecule has 2 aliphatic rings. The van der Waals surface area contributed by atoms with Gasteiger partial charge in [-0.1, -0.05) is 6.07 Å². The number of carbonyl (C=O) groups excluding carboxylic acids is 4. The van der Waals surface area contributed by atoms with E-state index in [-0.39, 0.29) is 35.6 Å². The zero-order valence-corrected chi connectivity index (χ0v) is 12.3. The average Bonchev–Trinajstić information content (AvgIpc) is 2.80. The number of fused-ring (bicyclic) bond motifs is 1. The van der Waals surface area contributed by atoms with Crippen LogP contribution in [-0.4, -0.2) is 58.7 Å². The maximum absolute atomic E-state index is 12.6. The zero-order chi connectivity index (χ0) is 17.4. The average molecular weight is 332 g/mol. The van der Waals surface area contributed by atoms with Crippen molar-refractivity contribution in [3.63, 3.8) is 0 Å². The van der Waals surface area contributed by atoms with Crippen LogP contribution in [0.2, 0.25) is 0 Å². The monoisotopic (exact) mass is 332 g/mol. The van der Waals surface area contributed by atoms with Crippen molar-refractivity contribution in [2.45, 2.75) is 12.5 Å². The number of ketones is 1. The molecule has 0 bridgehead atoms. The molecule has 3 amide bonds. The Morgan fingerprint density at radius 2 is 2.00 bits per heavy atom. The van der Waals surface area contributed by atoms with E-state index in [1.165, 1.54) is 18.2 Å². The Bertz CT molecular complexity index is 786. The molecular formula is C15H12N2O7. The number of carbonyl (C=O) groups is 5. The number of imide groups is 1. The molecule has 1 aromatic rings. The van der Waals surface area contributed by atoms with Crippen LogP contribution >= 0.6 is 0 Å². The minimum absolute atomic E-state index is 0.00807. The van der Waals surface area contributed by atoms with Gasteiger partial charge in [0, 0.05) is 6.42 Å². The minimum atomic E-state index is -1.24. The lowest BCUT2D eigenvalue weighted by molar-refractivity contribution is -0.139. The van der Waals surface area contributed by atoms with E-state index in [2.05, 4.69) is 5.32 Å². The van der Waals surface area contributed by atoms with E-state index in [4.69, 9.17) is 9.84 Å². The van der Waals surface area contributed by atoms with Crippen LogP contribution in [0, 0.1) is 0 Å². The number of ether oxygens (including phenoxy) is 1. The number of hydrogen-bond acceptors (Lipinski definition) is 6. The van der Waals surface area contributed by atoms with Gasteiger partial charge in [0.1, 0.15) is 11.8 Å². The number of nitrogens with one attached hydrogen (secondary N) is 1. The summed E-state index contributed by atoms with van der Waals surface area (Å²) in [7, 11) is 0. The van der Waals surface area contributed by atoms with Gasteiger partial charge in [0.25, 0.3) is 11.8 Å². The van der Waals surface area contributed by atoms with Gasteiger partial charge in [-0.25, -0.2) is 4.79 Å². The summed E-state index contributed by atoms with van der Waals surface area (Å²) in [6.45, 7) is -0.814. The number of rotatable bonds is 4. The summed E-state index contributed by atoms with van der Waals surface area (Å²) in [5.74, 6) is -3.68. The van der Waals surface area contributed by atoms with Crippen LogP contribution in [0.5, 0.6) is 5.75 Å². The van der Waals surface area contributed by atoms with E-state index in [9.17, 15) is 24.0 Å². The van der Waals surface area contributed by atoms with Gasteiger partial charge in [-0.15, -0.1) is 0 Å². The highest BCUT2D eigenvalue weighted by atomic mass is 16.5. The lowest BCUT2D eigenvalue weighted by atomic mass is 10.0. The molecule has 2 aliphatic heterocycles. The van der Waals surface area contributed by atoms with Gasteiger partial charge in [-0.3, -0.25) is 24.1 Å². The molecule has 2 heterocycles. The molecule has 1 unspecified atom stereocenters. The van der Waals surface area contributed by atoms with Crippen molar-refractivity contribution in [2.75, 3.05) is 13.2 Å². The molecule has 1 saturated heterocycles. The van der Waals surface area contributed by atoms with Crippen molar-refractivity contribution in [1.29, 1.82) is 0 Å². The Balaban J connectivity index is 1.96. The lowest BCUT2D eigenvalue weighted by Gasteiger charge is -2.27. The molecule has 1 atom stereocenters. The maximum atomic E-state index is 12.6. The molecule has 124 valence electrons. The fourth-order valence-electron chi connectivity index (χ4n) is 2.71. The first kappa shape index (κ1) is 15.7. The molecule has 9 heteroatoms. The minimum Gasteiger partial charge on any atom is -0.481 e. The molecule has 9 nitrogen and oxygen atoms in total. The van der Waals surface area contributed by atoms with E-state index >= 15 is 0 Å². The number of piperidine rings is 1. The molecule has 0 spiro atoms. The summed E-state index contributed by atoms with van der Waals surface area (Å²) < 4.78 is 5.05. The summed E-state index contributed by atoms with van der Waals surface area (Å²) in [5, 5.41) is 11.0. The van der Waals surface area contributed by atoms with Gasteiger partial charge in [-0.2, -0.15) is 0 Å². The highest BCUT2D eigenvalue weighted by molar-refractivity contribution is 6.24. The number of nitrogens with zero attached hydrogens (tertiary/aromatic N) is 1. The molecular weight excluding hydrogens is 320 g/mol. The highest BCUT2D eigenvalue weighted by Crippen LogP contribution is 2.33. The summed E-state index contributed by atoms with van der Waals surface area (Å²) in [5.41, 5.74) is -0.0942. The first-order valence-corrected chi connectivity index (χ1v) is 7.05. The second kappa shape index (κ2) is 5.76. The topological polar surface area (TPSA) is 130 Å². The SMILES string of the molecule is O=C(O)COc1cccc2c1C(=O)N(C1CC(=O)CNC1=O)C2=O. The van der Waals surface area contributed by atoms with Crippen molar-refractivity contribution in [2.24, 2.45) is 0 Å². The number of Topliss-reactive ketones (excluding diaryl/α,β-unsaturated/α-hetero) is 1. The van der Waals surface area contributed by atoms with Crippen LogP contribution in [0.25, 0.3) is 0 Å². The first-order chi connectivity index (χ1) is 11.4. The van der Waals surface area contributed by atoms with Crippen LogP contribution in [-0.2, 0) is 14.4 Å². The summed E-state index contributed by atoms with van der Waals surface area (Å²) in [6, 6.07) is 2.97. The van der Waals surface area contributed by atoms with Crippen molar-refractivity contribution in [1.82, 2.24) is 10.2 Å². The Labute approximate surface area is 135 Å². The van der Waals surface area contributed by atoms with Crippen LogP contribution in [0.15, 0.2) is 18.2 Å². The van der Waals surface area contributed by atoms with E-state index in [0.717, 1.165) is 4.90 Å². The van der Waals surface area contributed by atoms with Gasteiger partial charge in [-0.05, 0) is 12.1 Å². The summed E-state index contributed by atoms with van der Waals surface area (Å²) in [6.07, 6.45) is -0.247. The molecule has 0 aromatic heterocycles. The number of amides is 3. The van der Waals surface area contributed by atoms with E-state index < -0.39 is 36.3 Å². The second-order valence-corrected chi connectivity index (χ2v) is 5.32. The molecule has 0 radical (unpaired) electrons. The predicted octanol–water partition coefficient (Wildman–Crippen LogP) is -0.796. The number of aliphatic carboxylic acids is 1. The number of hydrogen-bond donors (Lipinski definition) is 2. The third-order valence-corrected chi connectivity index (χ3v) is 3.75. The maximum Gasteiger partial charge on any atom is 0.341 e. The first-order valence-electron chi connectivity index (χ1n) is 7.05. The third kappa shape index (κ3) is 2.49. The van der Waals surface area contributed by atoms with Crippen molar-refractivity contribution < 1.29 is 33.8 Å². The Morgan fingerprint density at radius 3 is 2.71 bits per heavy atom. The molecule has 1 aromatic carbocycles. The number of carboxylic acids is 1. The van der Waals surface area contributed by atoms with E-state index in [1.54, 1.807) is 0 Å². The largest absolute Gasteiger partial charge is 0.481 e. The van der Waals surface area contributed by atoms with Gasteiger partial charge >= 0.3 is 5.97 Å². The van der Waals surface area contributed by atoms with Crippen molar-refractivity contribution >= 4 is 29.5 Å². The molecule has 0 saturated carbocycles. The van der Waals surface area contributed by atoms with Crippen molar-refractivity contribution in [3.05, 3.63) is 29.3 Å². The Kier molecular flexibility index (Phi) is 3.76. The molecule has 3 rings (SSSR count). The lowest BCUT2D eigenvalue weighted by Crippen LogP contribution is -2.55. The van der Waals surface area contributed by atoms with Gasteiger partial charge < -0.3 is 15.2 Å². The fraction of sp³-hybridized carbons (Fsp3) is 0.267. The summed E-state index contributed by atoms with van der Waals surface area (Å²) >= 11 is 0. The van der Waals surface area contributed by atoms with Gasteiger partial charge in [0.2, 0.25) is 5.91 Å². The van der Waals surface area contributed by atoms with Crippen molar-refractivity contribution in [3.8, 4) is 5.75 Å². The molecule has 2 N–H and O–H groups in total. The second-order valence-electron chi connectivity index (χ2n) is 5.32. The number of benzene rings is 1. The zero-order valence-electron chi connectivity index (χ0n) is 12.3. The fourth-order valence-corrected chi connectivity index (χ4v) is 2.71. The van der Waals surface area contributed by atoms with Crippen LogP contribution in [0.3, 0.4) is 0 Å². The van der Waals surface area contributed by atoms with Gasteiger partial charge in [0.15, 0.2) is 12.4 Å². The Hall–Kier alpha value is -3.23. The summed E-state index contributed by atoms with van der Waals surface area (Å²) in [4.78, 5) is 60.0. The molecule has 1 fully saturated rings. The molecule has 0 aliphatic carbocycles. The number of carboxylic acid groups (broad SMARTS) is 1. The third-order valence-electron chi connectivity index (χ3n) is 3.75. The normalized spacial score (nSPS) is 20.0. The smallest absolute Gasteiger partial charge is 0.341 e. The van der Waals surface area contributed by atoms with Crippen LogP contribution < -0.4 is 10.1 Å². The highest BCUT2D eigenvalue weighted by Gasteiger charge is 2.46. The van der Waals surface area contributed by atoms with Gasteiger partial charge in [0.05, 0.1) is 17.7 Å². The quantitative estimate of drug-likeness (QED) is 0.691. The standard InChI is InChI=1S/C15H12N2O7/c18-7-4-9(13(21)16-5-7)17-14(22)8-2-1-3-10(12(8)15(17)23)24-6-11(19)20/h1-3,9H,4-6H2,(H,16,21)(H,19,20). The van der Waals surface area contributed by atoms with E-state index in [0.29, 0.717) is 0 Å². The van der Waals surface area contributed by atoms with E-state index in [1.807, 2.05) is 0 Å². The predicted molar refractivity (Wildman–Crippen MR) is 76.5 cm³/mol. The van der Waals surface area contributed by atoms with Crippen LogP contribution in [0.1, 0.15) is 27.1 Å².